The summed E-state index contributed by atoms with van der Waals surface area (Å²) in [6, 6.07) is 13.2. The number of carbonyl (C=O) groups is 1. The zero-order valence-electron chi connectivity index (χ0n) is 11.3. The standard InChI is InChI=1S/C17H14BrClO2/c18-13-3-1-11(2-4-13)16(20)10-17-15-6-5-14(19)9-12(15)7-8-21-17/h1-6,9,17H,7-8,10H2/t17-/m1/s1. The number of Topliss-reactive ketones (excluding diaryl/α,β-unsaturated/α-hetero) is 1. The van der Waals surface area contributed by atoms with Crippen molar-refractivity contribution in [1.82, 2.24) is 0 Å². The van der Waals surface area contributed by atoms with Crippen LogP contribution >= 0.6 is 27.5 Å². The van der Waals surface area contributed by atoms with E-state index in [1.54, 1.807) is 0 Å². The molecular weight excluding hydrogens is 352 g/mol. The van der Waals surface area contributed by atoms with Crippen LogP contribution in [0.3, 0.4) is 0 Å². The summed E-state index contributed by atoms with van der Waals surface area (Å²) in [5.74, 6) is 0.0929. The van der Waals surface area contributed by atoms with Crippen molar-refractivity contribution in [1.29, 1.82) is 0 Å². The Labute approximate surface area is 137 Å². The SMILES string of the molecule is O=C(C[C@H]1OCCc2cc(Cl)ccc21)c1ccc(Br)cc1. The predicted octanol–water partition coefficient (Wildman–Crippen LogP) is 4.99. The molecule has 0 N–H and O–H groups in total. The molecule has 21 heavy (non-hydrogen) atoms. The van der Waals surface area contributed by atoms with Crippen LogP contribution in [0.2, 0.25) is 5.02 Å². The molecule has 108 valence electrons. The van der Waals surface area contributed by atoms with Crippen molar-refractivity contribution < 1.29 is 9.53 Å². The van der Waals surface area contributed by atoms with Gasteiger partial charge in [0.15, 0.2) is 5.78 Å². The average Bonchev–Trinajstić information content (AvgIpc) is 2.47. The summed E-state index contributed by atoms with van der Waals surface area (Å²) in [6.07, 6.45) is 1.02. The molecule has 0 saturated heterocycles. The van der Waals surface area contributed by atoms with Gasteiger partial charge in [-0.2, -0.15) is 0 Å². The van der Waals surface area contributed by atoms with Gasteiger partial charge in [0, 0.05) is 21.5 Å². The van der Waals surface area contributed by atoms with Crippen LogP contribution < -0.4 is 0 Å². The van der Waals surface area contributed by atoms with E-state index in [-0.39, 0.29) is 11.9 Å². The molecule has 0 spiro atoms. The van der Waals surface area contributed by atoms with E-state index >= 15 is 0 Å². The second-order valence-corrected chi connectivity index (χ2v) is 6.44. The Morgan fingerprint density at radius 3 is 2.76 bits per heavy atom. The van der Waals surface area contributed by atoms with Crippen molar-refractivity contribution in [2.45, 2.75) is 18.9 Å². The zero-order valence-corrected chi connectivity index (χ0v) is 13.7. The van der Waals surface area contributed by atoms with Gasteiger partial charge < -0.3 is 4.74 Å². The number of hydrogen-bond donors (Lipinski definition) is 0. The second kappa shape index (κ2) is 6.30. The normalized spacial score (nSPS) is 17.3. The minimum Gasteiger partial charge on any atom is -0.373 e. The largest absolute Gasteiger partial charge is 0.373 e. The van der Waals surface area contributed by atoms with Gasteiger partial charge in [-0.1, -0.05) is 45.7 Å². The minimum atomic E-state index is -0.179. The van der Waals surface area contributed by atoms with Crippen LogP contribution in [-0.4, -0.2) is 12.4 Å². The zero-order chi connectivity index (χ0) is 14.8. The summed E-state index contributed by atoms with van der Waals surface area (Å²) in [5.41, 5.74) is 2.97. The van der Waals surface area contributed by atoms with Crippen LogP contribution in [0.1, 0.15) is 34.0 Å². The third-order valence-corrected chi connectivity index (χ3v) is 4.44. The average molecular weight is 366 g/mol. The summed E-state index contributed by atoms with van der Waals surface area (Å²) in [7, 11) is 0. The predicted molar refractivity (Wildman–Crippen MR) is 86.9 cm³/mol. The van der Waals surface area contributed by atoms with Crippen molar-refractivity contribution in [2.24, 2.45) is 0 Å². The third-order valence-electron chi connectivity index (χ3n) is 3.68. The molecule has 2 aromatic carbocycles. The molecule has 1 atom stereocenters. The fraction of sp³-hybridized carbons (Fsp3) is 0.235. The maximum Gasteiger partial charge on any atom is 0.165 e. The van der Waals surface area contributed by atoms with E-state index in [4.69, 9.17) is 16.3 Å². The van der Waals surface area contributed by atoms with Gasteiger partial charge in [0.25, 0.3) is 0 Å². The molecule has 4 heteroatoms. The Bertz CT molecular complexity index is 667. The summed E-state index contributed by atoms with van der Waals surface area (Å²) in [6.45, 7) is 0.631. The Hall–Kier alpha value is -1.16. The molecule has 3 rings (SSSR count). The van der Waals surface area contributed by atoms with Crippen LogP contribution in [0.25, 0.3) is 0 Å². The number of benzene rings is 2. The molecule has 1 aliphatic heterocycles. The summed E-state index contributed by atoms with van der Waals surface area (Å²) < 4.78 is 6.75. The van der Waals surface area contributed by atoms with Crippen molar-refractivity contribution in [3.8, 4) is 0 Å². The molecule has 0 radical (unpaired) electrons. The molecule has 1 aliphatic rings. The van der Waals surface area contributed by atoms with Gasteiger partial charge in [0.1, 0.15) is 0 Å². The summed E-state index contributed by atoms with van der Waals surface area (Å²) in [5, 5.41) is 0.730. The number of ketones is 1. The highest BCUT2D eigenvalue weighted by Crippen LogP contribution is 2.32. The maximum absolute atomic E-state index is 12.4. The summed E-state index contributed by atoms with van der Waals surface area (Å²) in [4.78, 5) is 12.4. The first-order chi connectivity index (χ1) is 10.1. The number of rotatable bonds is 3. The molecule has 0 aliphatic carbocycles. The van der Waals surface area contributed by atoms with Gasteiger partial charge in [0.05, 0.1) is 12.7 Å². The number of hydrogen-bond acceptors (Lipinski definition) is 2. The lowest BCUT2D eigenvalue weighted by molar-refractivity contribution is 0.0352. The van der Waals surface area contributed by atoms with Crippen molar-refractivity contribution in [2.75, 3.05) is 6.61 Å². The molecule has 0 unspecified atom stereocenters. The van der Waals surface area contributed by atoms with E-state index in [0.717, 1.165) is 21.5 Å². The fourth-order valence-corrected chi connectivity index (χ4v) is 3.06. The molecule has 0 amide bonds. The molecule has 1 heterocycles. The van der Waals surface area contributed by atoms with Crippen LogP contribution in [0.4, 0.5) is 0 Å². The van der Waals surface area contributed by atoms with Gasteiger partial charge >= 0.3 is 0 Å². The molecule has 2 aromatic rings. The first-order valence-electron chi connectivity index (χ1n) is 6.82. The van der Waals surface area contributed by atoms with Gasteiger partial charge in [-0.25, -0.2) is 0 Å². The van der Waals surface area contributed by atoms with Crippen molar-refractivity contribution in [3.63, 3.8) is 0 Å². The van der Waals surface area contributed by atoms with Gasteiger partial charge in [0.2, 0.25) is 0 Å². The lowest BCUT2D eigenvalue weighted by Gasteiger charge is -2.25. The Balaban J connectivity index is 1.80. The lowest BCUT2D eigenvalue weighted by Crippen LogP contribution is -2.19. The maximum atomic E-state index is 12.4. The first kappa shape index (κ1) is 14.8. The summed E-state index contributed by atoms with van der Waals surface area (Å²) >= 11 is 9.40. The van der Waals surface area contributed by atoms with Crippen molar-refractivity contribution in [3.05, 3.63) is 68.7 Å². The first-order valence-corrected chi connectivity index (χ1v) is 7.99. The molecule has 0 aromatic heterocycles. The monoisotopic (exact) mass is 364 g/mol. The van der Waals surface area contributed by atoms with E-state index < -0.39 is 0 Å². The van der Waals surface area contributed by atoms with Gasteiger partial charge in [-0.05, 0) is 41.8 Å². The lowest BCUT2D eigenvalue weighted by atomic mass is 9.93. The Morgan fingerprint density at radius 2 is 2.00 bits per heavy atom. The van der Waals surface area contributed by atoms with Crippen LogP contribution in [0.15, 0.2) is 46.9 Å². The van der Waals surface area contributed by atoms with Crippen LogP contribution in [0.5, 0.6) is 0 Å². The molecule has 0 fully saturated rings. The van der Waals surface area contributed by atoms with E-state index in [9.17, 15) is 4.79 Å². The number of ether oxygens (including phenoxy) is 1. The third kappa shape index (κ3) is 3.37. The van der Waals surface area contributed by atoms with Gasteiger partial charge in [-0.15, -0.1) is 0 Å². The van der Waals surface area contributed by atoms with E-state index in [1.165, 1.54) is 5.56 Å². The minimum absolute atomic E-state index is 0.0929. The fourth-order valence-electron chi connectivity index (χ4n) is 2.60. The highest BCUT2D eigenvalue weighted by Gasteiger charge is 2.24. The second-order valence-electron chi connectivity index (χ2n) is 5.09. The molecule has 2 nitrogen and oxygen atoms in total. The Kier molecular flexibility index (Phi) is 4.43. The Morgan fingerprint density at radius 1 is 1.24 bits per heavy atom. The number of halogens is 2. The highest BCUT2D eigenvalue weighted by atomic mass is 79.9. The highest BCUT2D eigenvalue weighted by molar-refractivity contribution is 9.10. The van der Waals surface area contributed by atoms with E-state index in [2.05, 4.69) is 15.9 Å². The quantitative estimate of drug-likeness (QED) is 0.716. The smallest absolute Gasteiger partial charge is 0.165 e. The van der Waals surface area contributed by atoms with Crippen LogP contribution in [0, 0.1) is 0 Å². The van der Waals surface area contributed by atoms with Gasteiger partial charge in [-0.3, -0.25) is 4.79 Å². The molecule has 0 saturated carbocycles. The van der Waals surface area contributed by atoms with Crippen LogP contribution in [-0.2, 0) is 11.2 Å². The molecule has 0 bridgehead atoms. The topological polar surface area (TPSA) is 26.3 Å². The van der Waals surface area contributed by atoms with Crippen molar-refractivity contribution >= 4 is 33.3 Å². The number of fused-ring (bicyclic) bond motifs is 1. The molecular formula is C17H14BrClO2. The number of carbonyl (C=O) groups excluding carboxylic acids is 1. The van der Waals surface area contributed by atoms with E-state index in [0.29, 0.717) is 18.6 Å². The van der Waals surface area contributed by atoms with E-state index in [1.807, 2.05) is 42.5 Å².